The third-order valence-corrected chi connectivity index (χ3v) is 7.11. The van der Waals surface area contributed by atoms with Crippen LogP contribution in [0, 0.1) is 13.8 Å². The van der Waals surface area contributed by atoms with Crippen LogP contribution in [0.3, 0.4) is 0 Å². The van der Waals surface area contributed by atoms with Gasteiger partial charge in [-0.25, -0.2) is 0 Å². The minimum Gasteiger partial charge on any atom is -0.489 e. The molecule has 0 saturated heterocycles. The van der Waals surface area contributed by atoms with Crippen molar-refractivity contribution in [3.8, 4) is 17.0 Å². The number of carbonyl (C=O) groups excluding carboxylic acids is 1. The quantitative estimate of drug-likeness (QED) is 0.262. The van der Waals surface area contributed by atoms with Gasteiger partial charge in [0, 0.05) is 17.7 Å². The van der Waals surface area contributed by atoms with Crippen LogP contribution in [0.2, 0.25) is 0 Å². The van der Waals surface area contributed by atoms with Crippen molar-refractivity contribution in [3.05, 3.63) is 142 Å². The van der Waals surface area contributed by atoms with Crippen LogP contribution in [0.5, 0.6) is 5.75 Å². The van der Waals surface area contributed by atoms with Gasteiger partial charge in [0.1, 0.15) is 18.1 Å². The number of benzene rings is 4. The molecule has 188 valence electrons. The summed E-state index contributed by atoms with van der Waals surface area (Å²) in [5.74, 6) is 0.749. The second-order valence-corrected chi connectivity index (χ2v) is 9.89. The highest BCUT2D eigenvalue weighted by Gasteiger charge is 2.42. The van der Waals surface area contributed by atoms with Gasteiger partial charge in [-0.15, -0.1) is 0 Å². The van der Waals surface area contributed by atoms with Gasteiger partial charge in [0.05, 0.1) is 11.7 Å². The number of rotatable bonds is 7. The van der Waals surface area contributed by atoms with Crippen molar-refractivity contribution < 1.29 is 9.53 Å². The highest BCUT2D eigenvalue weighted by molar-refractivity contribution is 6.00. The van der Waals surface area contributed by atoms with Crippen LogP contribution in [0.25, 0.3) is 11.3 Å². The first-order chi connectivity index (χ1) is 18.6. The summed E-state index contributed by atoms with van der Waals surface area (Å²) in [6, 6.07) is 34.6. The van der Waals surface area contributed by atoms with Gasteiger partial charge in [0.2, 0.25) is 0 Å². The molecule has 4 aromatic carbocycles. The number of hydrogen-bond acceptors (Lipinski definition) is 3. The predicted octanol–water partition coefficient (Wildman–Crippen LogP) is 7.02. The van der Waals surface area contributed by atoms with Crippen molar-refractivity contribution in [2.45, 2.75) is 33.0 Å². The normalized spacial score (nSPS) is 14.5. The lowest BCUT2D eigenvalue weighted by Gasteiger charge is -2.27. The molecule has 1 atom stereocenters. The molecule has 1 aliphatic heterocycles. The molecule has 0 spiro atoms. The Morgan fingerprint density at radius 3 is 2.13 bits per heavy atom. The molecule has 1 amide bonds. The van der Waals surface area contributed by atoms with E-state index < -0.39 is 0 Å². The van der Waals surface area contributed by atoms with Crippen LogP contribution in [0.15, 0.2) is 103 Å². The molecule has 2 heterocycles. The highest BCUT2D eigenvalue weighted by Crippen LogP contribution is 2.43. The number of nitrogens with one attached hydrogen (secondary N) is 1. The van der Waals surface area contributed by atoms with E-state index >= 15 is 0 Å². The van der Waals surface area contributed by atoms with E-state index in [2.05, 4.69) is 96.8 Å². The Balaban J connectivity index is 1.36. The summed E-state index contributed by atoms with van der Waals surface area (Å²) in [6.07, 6.45) is 0. The third-order valence-electron chi connectivity index (χ3n) is 7.11. The van der Waals surface area contributed by atoms with E-state index in [1.54, 1.807) is 0 Å². The summed E-state index contributed by atoms with van der Waals surface area (Å²) >= 11 is 0. The minimum absolute atomic E-state index is 0.0409. The number of nitrogens with zero attached hydrogens (tertiary/aromatic N) is 2. The smallest absolute Gasteiger partial charge is 0.273 e. The molecule has 0 bridgehead atoms. The van der Waals surface area contributed by atoms with Crippen LogP contribution < -0.4 is 4.74 Å². The van der Waals surface area contributed by atoms with Crippen molar-refractivity contribution in [2.24, 2.45) is 0 Å². The maximum absolute atomic E-state index is 13.7. The Kier molecular flexibility index (Phi) is 6.26. The molecule has 5 aromatic rings. The topological polar surface area (TPSA) is 58.2 Å². The SMILES string of the molecule is Cc1ccc(CN2C(=O)c3[nH]nc(-c4ccc(C)cc4)c3C2c2ccc(OCc3ccccc3)cc2)cc1. The number of aryl methyl sites for hydroxylation is 2. The van der Waals surface area contributed by atoms with Crippen LogP contribution in [-0.4, -0.2) is 21.0 Å². The molecule has 0 radical (unpaired) electrons. The molecule has 6 rings (SSSR count). The van der Waals surface area contributed by atoms with E-state index in [1.165, 1.54) is 11.1 Å². The standard InChI is InChI=1S/C33H29N3O2/c1-22-8-12-24(13-9-22)20-36-32(27-16-18-28(19-17-27)38-21-25-6-4-3-5-7-25)29-30(34-35-31(29)33(36)37)26-14-10-23(2)11-15-26/h3-19,32H,20-21H2,1-2H3,(H,34,35). The summed E-state index contributed by atoms with van der Waals surface area (Å²) in [7, 11) is 0. The molecule has 38 heavy (non-hydrogen) atoms. The van der Waals surface area contributed by atoms with Crippen molar-refractivity contribution in [2.75, 3.05) is 0 Å². The van der Waals surface area contributed by atoms with Crippen molar-refractivity contribution in [1.29, 1.82) is 0 Å². The molecule has 5 heteroatoms. The van der Waals surface area contributed by atoms with Crippen LogP contribution in [0.4, 0.5) is 0 Å². The molecule has 1 aliphatic rings. The molecular weight excluding hydrogens is 470 g/mol. The van der Waals surface area contributed by atoms with Gasteiger partial charge >= 0.3 is 0 Å². The van der Waals surface area contributed by atoms with Gasteiger partial charge in [-0.05, 0) is 42.7 Å². The number of aromatic nitrogens is 2. The Bertz CT molecular complexity index is 1550. The lowest BCUT2D eigenvalue weighted by Crippen LogP contribution is -2.29. The summed E-state index contributed by atoms with van der Waals surface area (Å²) in [5, 5.41) is 7.66. The van der Waals surface area contributed by atoms with Crippen molar-refractivity contribution >= 4 is 5.91 Å². The first-order valence-electron chi connectivity index (χ1n) is 12.9. The molecule has 1 aromatic heterocycles. The fourth-order valence-corrected chi connectivity index (χ4v) is 5.02. The largest absolute Gasteiger partial charge is 0.489 e. The number of carbonyl (C=O) groups is 1. The molecular formula is C33H29N3O2. The first-order valence-corrected chi connectivity index (χ1v) is 12.9. The number of aromatic amines is 1. The number of fused-ring (bicyclic) bond motifs is 1. The zero-order chi connectivity index (χ0) is 26.1. The average molecular weight is 500 g/mol. The lowest BCUT2D eigenvalue weighted by atomic mass is 9.95. The Morgan fingerprint density at radius 2 is 1.45 bits per heavy atom. The number of H-pyrrole nitrogens is 1. The minimum atomic E-state index is -0.267. The van der Waals surface area contributed by atoms with Crippen molar-refractivity contribution in [1.82, 2.24) is 15.1 Å². The third kappa shape index (κ3) is 4.59. The number of amides is 1. The van der Waals surface area contributed by atoms with Crippen LogP contribution in [-0.2, 0) is 13.2 Å². The summed E-state index contributed by atoms with van der Waals surface area (Å²) in [6.45, 7) is 5.14. The van der Waals surface area contributed by atoms with E-state index in [9.17, 15) is 4.79 Å². The van der Waals surface area contributed by atoms with Gasteiger partial charge in [-0.2, -0.15) is 5.10 Å². The first kappa shape index (κ1) is 23.7. The Morgan fingerprint density at radius 1 is 0.789 bits per heavy atom. The maximum atomic E-state index is 13.7. The monoisotopic (exact) mass is 499 g/mol. The summed E-state index contributed by atoms with van der Waals surface area (Å²) in [4.78, 5) is 15.6. The van der Waals surface area contributed by atoms with E-state index in [4.69, 9.17) is 4.74 Å². The zero-order valence-corrected chi connectivity index (χ0v) is 21.5. The maximum Gasteiger partial charge on any atom is 0.273 e. The van der Waals surface area contributed by atoms with Gasteiger partial charge in [-0.1, -0.05) is 102 Å². The molecule has 5 nitrogen and oxygen atoms in total. The molecule has 0 aliphatic carbocycles. The van der Waals surface area contributed by atoms with Crippen molar-refractivity contribution in [3.63, 3.8) is 0 Å². The highest BCUT2D eigenvalue weighted by atomic mass is 16.5. The van der Waals surface area contributed by atoms with E-state index in [0.29, 0.717) is 18.8 Å². The fraction of sp³-hybridized carbons (Fsp3) is 0.152. The number of hydrogen-bond donors (Lipinski definition) is 1. The summed E-state index contributed by atoms with van der Waals surface area (Å²) < 4.78 is 6.02. The molecule has 1 unspecified atom stereocenters. The van der Waals surface area contributed by atoms with Gasteiger partial charge < -0.3 is 9.64 Å². The molecule has 0 saturated carbocycles. The average Bonchev–Trinajstić information content (AvgIpc) is 3.49. The lowest BCUT2D eigenvalue weighted by molar-refractivity contribution is 0.0730. The Hall–Kier alpha value is -4.64. The van der Waals surface area contributed by atoms with E-state index in [-0.39, 0.29) is 11.9 Å². The molecule has 1 N–H and O–H groups in total. The summed E-state index contributed by atoms with van der Waals surface area (Å²) in [5.41, 5.74) is 8.89. The predicted molar refractivity (Wildman–Crippen MR) is 149 cm³/mol. The second kappa shape index (κ2) is 10.0. The molecule has 0 fully saturated rings. The zero-order valence-electron chi connectivity index (χ0n) is 21.5. The van der Waals surface area contributed by atoms with Gasteiger partial charge in [-0.3, -0.25) is 9.89 Å². The Labute approximate surface area is 222 Å². The van der Waals surface area contributed by atoms with Crippen LogP contribution >= 0.6 is 0 Å². The van der Waals surface area contributed by atoms with Crippen LogP contribution in [0.1, 0.15) is 49.9 Å². The van der Waals surface area contributed by atoms with Gasteiger partial charge in [0.25, 0.3) is 5.91 Å². The fourth-order valence-electron chi connectivity index (χ4n) is 5.02. The van der Waals surface area contributed by atoms with E-state index in [0.717, 1.165) is 39.3 Å². The van der Waals surface area contributed by atoms with Gasteiger partial charge in [0.15, 0.2) is 0 Å². The number of ether oxygens (including phenoxy) is 1. The van der Waals surface area contributed by atoms with E-state index in [1.807, 2.05) is 35.2 Å². The second-order valence-electron chi connectivity index (χ2n) is 9.89.